The zero-order valence-electron chi connectivity index (χ0n) is 5.08. The minimum atomic E-state index is 0.789. The van der Waals surface area contributed by atoms with Gasteiger partial charge in [0, 0.05) is 6.42 Å². The number of nitrogens with zero attached hydrogens (tertiary/aromatic N) is 2. The summed E-state index contributed by atoms with van der Waals surface area (Å²) in [6, 6.07) is 0. The summed E-state index contributed by atoms with van der Waals surface area (Å²) >= 11 is 0. The average Bonchev–Trinajstić information content (AvgIpc) is 2.46. The van der Waals surface area contributed by atoms with Crippen molar-refractivity contribution in [3.05, 3.63) is 12.2 Å². The molecule has 0 aromatic carbocycles. The molecule has 0 N–H and O–H groups in total. The third kappa shape index (κ3) is 1.09. The molecule has 0 spiro atoms. The van der Waals surface area contributed by atoms with Crippen molar-refractivity contribution in [3.63, 3.8) is 0 Å². The van der Waals surface area contributed by atoms with Crippen molar-refractivity contribution in [1.82, 2.24) is 10.1 Å². The van der Waals surface area contributed by atoms with Crippen LogP contribution in [0.2, 0.25) is 0 Å². The first-order valence-corrected chi connectivity index (χ1v) is 3.21. The van der Waals surface area contributed by atoms with Gasteiger partial charge in [-0.1, -0.05) is 5.16 Å². The molecule has 0 radical (unpaired) electrons. The predicted octanol–water partition coefficient (Wildman–Crippen LogP) is 1.02. The van der Waals surface area contributed by atoms with Crippen molar-refractivity contribution < 1.29 is 4.52 Å². The van der Waals surface area contributed by atoms with E-state index >= 15 is 0 Å². The summed E-state index contributed by atoms with van der Waals surface area (Å²) < 4.78 is 4.82. The Kier molecular flexibility index (Phi) is 1.01. The van der Waals surface area contributed by atoms with Crippen LogP contribution >= 0.6 is 0 Å². The minimum absolute atomic E-state index is 0.789. The minimum Gasteiger partial charge on any atom is -0.340 e. The molecule has 0 unspecified atom stereocenters. The van der Waals surface area contributed by atoms with Gasteiger partial charge in [-0.15, -0.1) is 0 Å². The second-order valence-electron chi connectivity index (χ2n) is 2.48. The Hall–Kier alpha value is -0.860. The van der Waals surface area contributed by atoms with Gasteiger partial charge in [0.2, 0.25) is 5.89 Å². The third-order valence-electron chi connectivity index (χ3n) is 1.57. The first kappa shape index (κ1) is 4.97. The van der Waals surface area contributed by atoms with Gasteiger partial charge in [-0.2, -0.15) is 4.98 Å². The average molecular weight is 124 g/mol. The molecule has 1 heterocycles. The fourth-order valence-corrected chi connectivity index (χ4v) is 0.855. The van der Waals surface area contributed by atoms with Crippen molar-refractivity contribution in [2.75, 3.05) is 0 Å². The molecule has 48 valence electrons. The van der Waals surface area contributed by atoms with Gasteiger partial charge in [-0.05, 0) is 18.8 Å². The largest absolute Gasteiger partial charge is 0.340 e. The number of rotatable bonds is 2. The van der Waals surface area contributed by atoms with Gasteiger partial charge < -0.3 is 4.52 Å². The standard InChI is InChI=1S/C6H8N2O/c1-2-5(1)3-6-7-4-8-9-6/h4-5H,1-3H2. The van der Waals surface area contributed by atoms with Gasteiger partial charge in [-0.25, -0.2) is 0 Å². The maximum absolute atomic E-state index is 4.82. The highest BCUT2D eigenvalue weighted by molar-refractivity contribution is 4.85. The fourth-order valence-electron chi connectivity index (χ4n) is 0.855. The molecular weight excluding hydrogens is 116 g/mol. The van der Waals surface area contributed by atoms with Crippen LogP contribution in [0.3, 0.4) is 0 Å². The Morgan fingerprint density at radius 2 is 2.56 bits per heavy atom. The Balaban J connectivity index is 1.99. The summed E-state index contributed by atoms with van der Waals surface area (Å²) in [5.74, 6) is 1.63. The molecule has 1 aliphatic carbocycles. The summed E-state index contributed by atoms with van der Waals surface area (Å²) in [5, 5.41) is 3.52. The molecule has 9 heavy (non-hydrogen) atoms. The lowest BCUT2D eigenvalue weighted by Crippen LogP contribution is -1.84. The van der Waals surface area contributed by atoms with Crippen LogP contribution in [-0.4, -0.2) is 10.1 Å². The van der Waals surface area contributed by atoms with E-state index in [1.807, 2.05) is 0 Å². The molecular formula is C6H8N2O. The Morgan fingerprint density at radius 3 is 3.11 bits per heavy atom. The molecule has 1 fully saturated rings. The summed E-state index contributed by atoms with van der Waals surface area (Å²) in [7, 11) is 0. The van der Waals surface area contributed by atoms with Crippen molar-refractivity contribution in [1.29, 1.82) is 0 Å². The SMILES string of the molecule is c1noc(CC2CC2)n1. The van der Waals surface area contributed by atoms with Gasteiger partial charge >= 0.3 is 0 Å². The summed E-state index contributed by atoms with van der Waals surface area (Å²) in [6.45, 7) is 0. The molecule has 0 bridgehead atoms. The van der Waals surface area contributed by atoms with Crippen molar-refractivity contribution in [3.8, 4) is 0 Å². The zero-order chi connectivity index (χ0) is 6.10. The van der Waals surface area contributed by atoms with Crippen LogP contribution in [0, 0.1) is 5.92 Å². The molecule has 3 nitrogen and oxygen atoms in total. The lowest BCUT2D eigenvalue weighted by Gasteiger charge is -1.84. The van der Waals surface area contributed by atoms with Crippen LogP contribution in [0.4, 0.5) is 0 Å². The lowest BCUT2D eigenvalue weighted by atomic mass is 10.3. The first-order chi connectivity index (χ1) is 4.45. The lowest BCUT2D eigenvalue weighted by molar-refractivity contribution is 0.372. The van der Waals surface area contributed by atoms with Gasteiger partial charge in [-0.3, -0.25) is 0 Å². The topological polar surface area (TPSA) is 38.9 Å². The first-order valence-electron chi connectivity index (χ1n) is 3.21. The number of hydrogen-bond acceptors (Lipinski definition) is 3. The molecule has 2 rings (SSSR count). The van der Waals surface area contributed by atoms with Gasteiger partial charge in [0.1, 0.15) is 0 Å². The predicted molar refractivity (Wildman–Crippen MR) is 30.7 cm³/mol. The van der Waals surface area contributed by atoms with Crippen molar-refractivity contribution in [2.45, 2.75) is 19.3 Å². The Bertz CT molecular complexity index is 179. The highest BCUT2D eigenvalue weighted by Gasteiger charge is 2.23. The molecule has 1 aromatic heterocycles. The molecule has 0 saturated heterocycles. The Morgan fingerprint density at radius 1 is 1.67 bits per heavy atom. The van der Waals surface area contributed by atoms with Crippen LogP contribution in [0.25, 0.3) is 0 Å². The summed E-state index contributed by atoms with van der Waals surface area (Å²) in [4.78, 5) is 3.92. The van der Waals surface area contributed by atoms with Gasteiger partial charge in [0.25, 0.3) is 0 Å². The Labute approximate surface area is 53.1 Å². The molecule has 1 aromatic rings. The highest BCUT2D eigenvalue weighted by atomic mass is 16.5. The molecule has 0 atom stereocenters. The molecule has 1 saturated carbocycles. The quantitative estimate of drug-likeness (QED) is 0.590. The van der Waals surface area contributed by atoms with Crippen molar-refractivity contribution >= 4 is 0 Å². The summed E-state index contributed by atoms with van der Waals surface area (Å²) in [6.07, 6.45) is 5.11. The molecule has 0 aliphatic heterocycles. The maximum Gasteiger partial charge on any atom is 0.226 e. The van der Waals surface area contributed by atoms with E-state index < -0.39 is 0 Å². The second kappa shape index (κ2) is 1.83. The monoisotopic (exact) mass is 124 g/mol. The van der Waals surface area contributed by atoms with Crippen molar-refractivity contribution in [2.24, 2.45) is 5.92 Å². The van der Waals surface area contributed by atoms with Crippen LogP contribution in [0.1, 0.15) is 18.7 Å². The summed E-state index contributed by atoms with van der Waals surface area (Å²) in [5.41, 5.74) is 0. The molecule has 3 heteroatoms. The fraction of sp³-hybridized carbons (Fsp3) is 0.667. The van der Waals surface area contributed by atoms with Crippen LogP contribution < -0.4 is 0 Å². The second-order valence-corrected chi connectivity index (χ2v) is 2.48. The van der Waals surface area contributed by atoms with E-state index in [0.717, 1.165) is 18.2 Å². The van der Waals surface area contributed by atoms with Crippen LogP contribution in [0.15, 0.2) is 10.9 Å². The van der Waals surface area contributed by atoms with Crippen LogP contribution in [-0.2, 0) is 6.42 Å². The third-order valence-corrected chi connectivity index (χ3v) is 1.57. The van der Waals surface area contributed by atoms with E-state index in [2.05, 4.69) is 10.1 Å². The van der Waals surface area contributed by atoms with Crippen LogP contribution in [0.5, 0.6) is 0 Å². The van der Waals surface area contributed by atoms with E-state index in [4.69, 9.17) is 4.52 Å². The zero-order valence-corrected chi connectivity index (χ0v) is 5.08. The van der Waals surface area contributed by atoms with Gasteiger partial charge in [0.05, 0.1) is 0 Å². The number of hydrogen-bond donors (Lipinski definition) is 0. The van der Waals surface area contributed by atoms with E-state index in [1.165, 1.54) is 19.2 Å². The van der Waals surface area contributed by atoms with Gasteiger partial charge in [0.15, 0.2) is 6.33 Å². The van der Waals surface area contributed by atoms with E-state index in [0.29, 0.717) is 0 Å². The van der Waals surface area contributed by atoms with E-state index in [1.54, 1.807) is 0 Å². The normalized spacial score (nSPS) is 18.2. The molecule has 1 aliphatic rings. The van der Waals surface area contributed by atoms with E-state index in [-0.39, 0.29) is 0 Å². The smallest absolute Gasteiger partial charge is 0.226 e. The number of aromatic nitrogens is 2. The van der Waals surface area contributed by atoms with E-state index in [9.17, 15) is 0 Å². The molecule has 0 amide bonds. The maximum atomic E-state index is 4.82. The highest BCUT2D eigenvalue weighted by Crippen LogP contribution is 2.31.